The Labute approximate surface area is 368 Å². The molecule has 2 aliphatic heterocycles. The van der Waals surface area contributed by atoms with E-state index in [1.807, 2.05) is 60.7 Å². The molecule has 0 fully saturated rings. The quantitative estimate of drug-likeness (QED) is 0.147. The van der Waals surface area contributed by atoms with Crippen LogP contribution in [0, 0.1) is 0 Å². The summed E-state index contributed by atoms with van der Waals surface area (Å²) in [4.78, 5) is 14.9. The van der Waals surface area contributed by atoms with Crippen molar-refractivity contribution in [2.75, 3.05) is 6.54 Å². The van der Waals surface area contributed by atoms with Gasteiger partial charge in [0.2, 0.25) is 0 Å². The maximum absolute atomic E-state index is 6.64. The standard InChI is InChI=1S/C58H44N4O/c1-6-17-42(18-7-1)54-60-55(43-19-8-2-9-20-43)62-56(61-54)44-30-28-41(29-31-44)50-27-16-38-59-57-53(50)51-39-45(34-37-52(51)63-57)40-32-35-49(36-33-40)58(46-21-10-3-11-22-46,47-23-12-4-13-24-47)48-25-14-5-15-26-48/h1-28,30,32-37,39,57,59H,29,31,38H2. The van der Waals surface area contributed by atoms with Gasteiger partial charge in [-0.25, -0.2) is 15.0 Å². The lowest BCUT2D eigenvalue weighted by atomic mass is 9.65. The minimum atomic E-state index is -0.501. The fraction of sp³-hybridized carbons (Fsp3) is 0.0862. The fourth-order valence-electron chi connectivity index (χ4n) is 9.48. The molecule has 0 saturated carbocycles. The van der Waals surface area contributed by atoms with Crippen LogP contribution in [0.15, 0.2) is 230 Å². The Balaban J connectivity index is 0.963. The van der Waals surface area contributed by atoms with Crippen molar-refractivity contribution in [1.29, 1.82) is 0 Å². The van der Waals surface area contributed by atoms with E-state index >= 15 is 0 Å². The summed E-state index contributed by atoms with van der Waals surface area (Å²) in [5, 5.41) is 3.63. The molecule has 11 rings (SSSR count). The van der Waals surface area contributed by atoms with Crippen molar-refractivity contribution >= 4 is 11.1 Å². The van der Waals surface area contributed by atoms with Gasteiger partial charge in [-0.05, 0) is 75.1 Å². The SMILES string of the molecule is C1=CC(C2=CC=C(c3nc(-c4ccccc4)nc(-c4ccccc4)n3)CC2)=C2c3cc(-c4ccc(C(c5ccccc5)(c5ccccc5)c5ccccc5)cc4)ccc3OC2NC1. The molecular formula is C58H44N4O. The highest BCUT2D eigenvalue weighted by Gasteiger charge is 2.38. The molecule has 302 valence electrons. The van der Waals surface area contributed by atoms with Gasteiger partial charge in [0.25, 0.3) is 0 Å². The second kappa shape index (κ2) is 16.6. The molecule has 1 aliphatic carbocycles. The van der Waals surface area contributed by atoms with Gasteiger partial charge in [-0.15, -0.1) is 0 Å². The monoisotopic (exact) mass is 812 g/mol. The van der Waals surface area contributed by atoms with Gasteiger partial charge in [0, 0.05) is 28.8 Å². The third-order valence-electron chi connectivity index (χ3n) is 12.5. The Morgan fingerprint density at radius 2 is 0.937 bits per heavy atom. The summed E-state index contributed by atoms with van der Waals surface area (Å²) in [6.45, 7) is 0.718. The first-order valence-electron chi connectivity index (χ1n) is 21.7. The summed E-state index contributed by atoms with van der Waals surface area (Å²) >= 11 is 0. The molecule has 0 radical (unpaired) electrons. The van der Waals surface area contributed by atoms with Gasteiger partial charge >= 0.3 is 0 Å². The highest BCUT2D eigenvalue weighted by molar-refractivity contribution is 5.87. The number of benzene rings is 7. The molecule has 5 nitrogen and oxygen atoms in total. The molecule has 0 bridgehead atoms. The van der Waals surface area contributed by atoms with E-state index in [0.29, 0.717) is 17.5 Å². The van der Waals surface area contributed by atoms with Gasteiger partial charge < -0.3 is 4.74 Å². The first kappa shape index (κ1) is 38.2. The maximum Gasteiger partial charge on any atom is 0.178 e. The Morgan fingerprint density at radius 3 is 1.48 bits per heavy atom. The molecule has 63 heavy (non-hydrogen) atoms. The number of rotatable bonds is 9. The smallest absolute Gasteiger partial charge is 0.178 e. The van der Waals surface area contributed by atoms with Crippen molar-refractivity contribution in [2.45, 2.75) is 24.5 Å². The molecule has 3 heterocycles. The minimum Gasteiger partial charge on any atom is -0.470 e. The molecule has 5 heteroatoms. The second-order valence-corrected chi connectivity index (χ2v) is 16.2. The first-order valence-corrected chi connectivity index (χ1v) is 21.7. The molecule has 1 N–H and O–H groups in total. The molecular weight excluding hydrogens is 769 g/mol. The summed E-state index contributed by atoms with van der Waals surface area (Å²) in [6.07, 6.45) is 10.3. The van der Waals surface area contributed by atoms with Crippen molar-refractivity contribution in [3.8, 4) is 39.7 Å². The Hall–Kier alpha value is -7.73. The van der Waals surface area contributed by atoms with Crippen molar-refractivity contribution in [3.63, 3.8) is 0 Å². The lowest BCUT2D eigenvalue weighted by molar-refractivity contribution is 0.242. The summed E-state index contributed by atoms with van der Waals surface area (Å²) < 4.78 is 6.64. The van der Waals surface area contributed by atoms with E-state index in [9.17, 15) is 0 Å². The van der Waals surface area contributed by atoms with E-state index in [4.69, 9.17) is 19.7 Å². The number of aromatic nitrogens is 3. The predicted octanol–water partition coefficient (Wildman–Crippen LogP) is 12.7. The number of ether oxygens (including phenoxy) is 1. The van der Waals surface area contributed by atoms with Gasteiger partial charge in [0.15, 0.2) is 23.7 Å². The van der Waals surface area contributed by atoms with E-state index in [2.05, 4.69) is 163 Å². The van der Waals surface area contributed by atoms with Crippen LogP contribution in [0.4, 0.5) is 0 Å². The highest BCUT2D eigenvalue weighted by atomic mass is 16.5. The van der Waals surface area contributed by atoms with Crippen molar-refractivity contribution in [2.24, 2.45) is 0 Å². The van der Waals surface area contributed by atoms with Crippen molar-refractivity contribution in [3.05, 3.63) is 263 Å². The largest absolute Gasteiger partial charge is 0.470 e. The first-order chi connectivity index (χ1) is 31.2. The van der Waals surface area contributed by atoms with Crippen LogP contribution in [0.2, 0.25) is 0 Å². The number of nitrogens with one attached hydrogen (secondary N) is 1. The van der Waals surface area contributed by atoms with E-state index in [0.717, 1.165) is 58.5 Å². The topological polar surface area (TPSA) is 59.9 Å². The van der Waals surface area contributed by atoms with Crippen LogP contribution in [-0.2, 0) is 5.41 Å². The molecule has 0 amide bonds. The Bertz CT molecular complexity index is 2890. The lowest BCUT2D eigenvalue weighted by Crippen LogP contribution is -2.31. The van der Waals surface area contributed by atoms with Crippen LogP contribution in [-0.4, -0.2) is 27.7 Å². The second-order valence-electron chi connectivity index (χ2n) is 16.2. The Kier molecular flexibility index (Phi) is 10.1. The molecule has 3 aliphatic rings. The normalized spacial score (nSPS) is 15.7. The highest BCUT2D eigenvalue weighted by Crippen LogP contribution is 2.47. The van der Waals surface area contributed by atoms with Crippen molar-refractivity contribution in [1.82, 2.24) is 20.3 Å². The zero-order valence-electron chi connectivity index (χ0n) is 34.7. The molecule has 1 aromatic heterocycles. The van der Waals surface area contributed by atoms with E-state index < -0.39 is 5.41 Å². The molecule has 0 spiro atoms. The van der Waals surface area contributed by atoms with Gasteiger partial charge in [0.05, 0.1) is 5.41 Å². The summed E-state index contributed by atoms with van der Waals surface area (Å²) in [5.41, 5.74) is 14.5. The van der Waals surface area contributed by atoms with Crippen LogP contribution in [0.3, 0.4) is 0 Å². The number of hydrogen-bond donors (Lipinski definition) is 1. The molecule has 1 atom stereocenters. The third-order valence-corrected chi connectivity index (χ3v) is 12.5. The summed E-state index contributed by atoms with van der Waals surface area (Å²) in [5.74, 6) is 2.96. The summed E-state index contributed by atoms with van der Waals surface area (Å²) in [6, 6.07) is 68.7. The van der Waals surface area contributed by atoms with Crippen LogP contribution < -0.4 is 10.1 Å². The van der Waals surface area contributed by atoms with E-state index in [-0.39, 0.29) is 6.23 Å². The summed E-state index contributed by atoms with van der Waals surface area (Å²) in [7, 11) is 0. The Morgan fingerprint density at radius 1 is 0.460 bits per heavy atom. The van der Waals surface area contributed by atoms with Crippen LogP contribution in [0.5, 0.6) is 5.75 Å². The maximum atomic E-state index is 6.64. The zero-order chi connectivity index (χ0) is 42.0. The van der Waals surface area contributed by atoms with Crippen LogP contribution >= 0.6 is 0 Å². The van der Waals surface area contributed by atoms with Gasteiger partial charge in [-0.2, -0.15) is 0 Å². The third kappa shape index (κ3) is 7.12. The van der Waals surface area contributed by atoms with Crippen LogP contribution in [0.1, 0.15) is 46.5 Å². The van der Waals surface area contributed by atoms with Gasteiger partial charge in [-0.3, -0.25) is 5.32 Å². The molecule has 7 aromatic carbocycles. The molecule has 0 saturated heterocycles. The number of fused-ring (bicyclic) bond motifs is 3. The van der Waals surface area contributed by atoms with E-state index in [1.54, 1.807) is 0 Å². The van der Waals surface area contributed by atoms with E-state index in [1.165, 1.54) is 39.0 Å². The average molecular weight is 813 g/mol. The van der Waals surface area contributed by atoms with Crippen LogP contribution in [0.25, 0.3) is 45.0 Å². The van der Waals surface area contributed by atoms with Crippen molar-refractivity contribution < 1.29 is 4.74 Å². The molecule has 8 aromatic rings. The van der Waals surface area contributed by atoms with Gasteiger partial charge in [0.1, 0.15) is 5.75 Å². The number of nitrogens with zero attached hydrogens (tertiary/aromatic N) is 3. The molecule has 1 unspecified atom stereocenters. The predicted molar refractivity (Wildman–Crippen MR) is 255 cm³/mol. The fourth-order valence-corrected chi connectivity index (χ4v) is 9.48. The number of hydrogen-bond acceptors (Lipinski definition) is 5. The zero-order valence-corrected chi connectivity index (χ0v) is 34.7. The average Bonchev–Trinajstić information content (AvgIpc) is 3.59. The van der Waals surface area contributed by atoms with Gasteiger partial charge in [-0.1, -0.05) is 206 Å². The number of allylic oxidation sites excluding steroid dienone is 6. The lowest BCUT2D eigenvalue weighted by Gasteiger charge is -2.37. The minimum absolute atomic E-state index is 0.248.